The van der Waals surface area contributed by atoms with E-state index in [1.807, 2.05) is 25.1 Å². The van der Waals surface area contributed by atoms with Crippen LogP contribution in [0, 0.1) is 5.41 Å². The van der Waals surface area contributed by atoms with Gasteiger partial charge in [0, 0.05) is 12.6 Å². The molecule has 0 bridgehead atoms. The largest absolute Gasteiger partial charge is 0.338 e. The van der Waals surface area contributed by atoms with Gasteiger partial charge in [-0.25, -0.2) is 9.78 Å². The quantitative estimate of drug-likeness (QED) is 0.823. The molecule has 23 heavy (non-hydrogen) atoms. The topological polar surface area (TPSA) is 71.8 Å². The highest BCUT2D eigenvalue weighted by Crippen LogP contribution is 2.20. The smallest absolute Gasteiger partial charge is 0.315 e. The number of rotatable bonds is 7. The van der Waals surface area contributed by atoms with Crippen LogP contribution in [0.4, 0.5) is 4.79 Å². The van der Waals surface area contributed by atoms with Gasteiger partial charge in [0.25, 0.3) is 0 Å². The van der Waals surface area contributed by atoms with Crippen molar-refractivity contribution in [1.82, 2.24) is 25.4 Å². The highest BCUT2D eigenvalue weighted by molar-refractivity contribution is 5.74. The third kappa shape index (κ3) is 6.10. The average molecular weight is 315 g/mol. The van der Waals surface area contributed by atoms with Crippen molar-refractivity contribution < 1.29 is 4.79 Å². The van der Waals surface area contributed by atoms with E-state index in [4.69, 9.17) is 0 Å². The second-order valence-corrected chi connectivity index (χ2v) is 6.67. The predicted octanol–water partition coefficient (Wildman–Crippen LogP) is 2.23. The fourth-order valence-electron chi connectivity index (χ4n) is 2.46. The molecule has 2 amide bonds. The first kappa shape index (κ1) is 17.0. The second kappa shape index (κ2) is 7.76. The van der Waals surface area contributed by atoms with E-state index < -0.39 is 0 Å². The molecular formula is C17H25N5O. The highest BCUT2D eigenvalue weighted by atomic mass is 16.2. The fourth-order valence-corrected chi connectivity index (χ4v) is 2.46. The molecule has 2 rings (SSSR count). The lowest BCUT2D eigenvalue weighted by atomic mass is 9.86. The minimum absolute atomic E-state index is 0.00612. The predicted molar refractivity (Wildman–Crippen MR) is 89.9 cm³/mol. The Bertz CT molecular complexity index is 595. The average Bonchev–Trinajstić information content (AvgIpc) is 2.98. The van der Waals surface area contributed by atoms with E-state index in [1.54, 1.807) is 11.0 Å². The summed E-state index contributed by atoms with van der Waals surface area (Å²) < 4.78 is 1.70. The molecule has 1 aromatic heterocycles. The molecular weight excluding hydrogens is 290 g/mol. The summed E-state index contributed by atoms with van der Waals surface area (Å²) in [6.45, 7) is 7.46. The summed E-state index contributed by atoms with van der Waals surface area (Å²) >= 11 is 0. The monoisotopic (exact) mass is 315 g/mol. The summed E-state index contributed by atoms with van der Waals surface area (Å²) in [6, 6.07) is 10.1. The zero-order chi connectivity index (χ0) is 16.7. The molecule has 0 spiro atoms. The van der Waals surface area contributed by atoms with Crippen LogP contribution < -0.4 is 10.6 Å². The third-order valence-corrected chi connectivity index (χ3v) is 3.56. The molecule has 1 aromatic carbocycles. The molecule has 2 N–H and O–H groups in total. The Labute approximate surface area is 137 Å². The van der Waals surface area contributed by atoms with Gasteiger partial charge in [0.05, 0.1) is 6.54 Å². The Morgan fingerprint density at radius 3 is 2.70 bits per heavy atom. The first-order valence-corrected chi connectivity index (χ1v) is 7.85. The van der Waals surface area contributed by atoms with E-state index in [2.05, 4.69) is 46.7 Å². The van der Waals surface area contributed by atoms with Crippen LogP contribution in [0.1, 0.15) is 26.3 Å². The van der Waals surface area contributed by atoms with Gasteiger partial charge in [0.15, 0.2) is 0 Å². The van der Waals surface area contributed by atoms with Crippen LogP contribution in [0.5, 0.6) is 0 Å². The first-order chi connectivity index (χ1) is 10.9. The van der Waals surface area contributed by atoms with Gasteiger partial charge in [-0.05, 0) is 24.3 Å². The molecule has 6 nitrogen and oxygen atoms in total. The van der Waals surface area contributed by atoms with Gasteiger partial charge in [-0.2, -0.15) is 5.10 Å². The lowest BCUT2D eigenvalue weighted by Gasteiger charge is -2.25. The van der Waals surface area contributed by atoms with Crippen molar-refractivity contribution in [2.45, 2.75) is 39.8 Å². The normalized spacial score (nSPS) is 12.7. The van der Waals surface area contributed by atoms with Crippen molar-refractivity contribution in [1.29, 1.82) is 0 Å². The van der Waals surface area contributed by atoms with Crippen molar-refractivity contribution in [2.75, 3.05) is 6.54 Å². The maximum absolute atomic E-state index is 12.0. The molecule has 0 aliphatic rings. The molecule has 1 heterocycles. The van der Waals surface area contributed by atoms with Crippen LogP contribution in [-0.4, -0.2) is 33.4 Å². The van der Waals surface area contributed by atoms with Crippen molar-refractivity contribution >= 4 is 6.03 Å². The summed E-state index contributed by atoms with van der Waals surface area (Å²) in [6.07, 6.45) is 4.04. The number of hydrogen-bond acceptors (Lipinski definition) is 3. The zero-order valence-corrected chi connectivity index (χ0v) is 14.0. The Balaban J connectivity index is 1.74. The highest BCUT2D eigenvalue weighted by Gasteiger charge is 2.20. The van der Waals surface area contributed by atoms with Gasteiger partial charge in [-0.15, -0.1) is 0 Å². The minimum atomic E-state index is -0.154. The molecule has 6 heteroatoms. The molecule has 1 atom stereocenters. The number of hydrogen-bond donors (Lipinski definition) is 2. The summed E-state index contributed by atoms with van der Waals surface area (Å²) in [5.74, 6) is 0. The molecule has 124 valence electrons. The molecule has 0 unspecified atom stereocenters. The van der Waals surface area contributed by atoms with Gasteiger partial charge < -0.3 is 10.6 Å². The summed E-state index contributed by atoms with van der Waals surface area (Å²) in [7, 11) is 0. The molecule has 0 saturated carbocycles. The Hall–Kier alpha value is -2.37. The summed E-state index contributed by atoms with van der Waals surface area (Å²) in [5.41, 5.74) is 1.27. The Morgan fingerprint density at radius 2 is 2.04 bits per heavy atom. The first-order valence-electron chi connectivity index (χ1n) is 7.85. The number of benzene rings is 1. The number of urea groups is 1. The van der Waals surface area contributed by atoms with E-state index in [0.29, 0.717) is 13.1 Å². The fraction of sp³-hybridized carbons (Fsp3) is 0.471. The van der Waals surface area contributed by atoms with Crippen molar-refractivity contribution in [2.24, 2.45) is 5.41 Å². The number of carbonyl (C=O) groups is 1. The second-order valence-electron chi connectivity index (χ2n) is 6.67. The van der Waals surface area contributed by atoms with Gasteiger partial charge in [0.2, 0.25) is 0 Å². The molecule has 0 fully saturated rings. The number of nitrogens with one attached hydrogen (secondary N) is 2. The molecule has 2 aromatic rings. The van der Waals surface area contributed by atoms with E-state index in [0.717, 1.165) is 6.42 Å². The maximum Gasteiger partial charge on any atom is 0.315 e. The SMILES string of the molecule is C[C@H](Cn1cncn1)NC(=O)NCC(C)(C)Cc1ccccc1. The van der Waals surface area contributed by atoms with E-state index >= 15 is 0 Å². The van der Waals surface area contributed by atoms with Crippen LogP contribution in [0.3, 0.4) is 0 Å². The van der Waals surface area contributed by atoms with Crippen LogP contribution in [0.25, 0.3) is 0 Å². The summed E-state index contributed by atoms with van der Waals surface area (Å²) in [5, 5.41) is 9.90. The van der Waals surface area contributed by atoms with Crippen LogP contribution in [0.2, 0.25) is 0 Å². The maximum atomic E-state index is 12.0. The number of aromatic nitrogens is 3. The van der Waals surface area contributed by atoms with Crippen LogP contribution in [0.15, 0.2) is 43.0 Å². The Kier molecular flexibility index (Phi) is 5.73. The van der Waals surface area contributed by atoms with E-state index in [9.17, 15) is 4.79 Å². The standard InChI is InChI=1S/C17H25N5O/c1-14(10-22-13-18-12-20-22)21-16(23)19-11-17(2,3)9-15-7-5-4-6-8-15/h4-8,12-14H,9-11H2,1-3H3,(H2,19,21,23)/t14-/m1/s1. The van der Waals surface area contributed by atoms with E-state index in [1.165, 1.54) is 11.9 Å². The molecule has 0 saturated heterocycles. The number of amides is 2. The molecule has 0 aliphatic heterocycles. The third-order valence-electron chi connectivity index (χ3n) is 3.56. The van der Waals surface area contributed by atoms with Crippen molar-refractivity contribution in [3.8, 4) is 0 Å². The molecule has 0 radical (unpaired) electrons. The Morgan fingerprint density at radius 1 is 1.30 bits per heavy atom. The lowest BCUT2D eigenvalue weighted by molar-refractivity contribution is 0.229. The zero-order valence-electron chi connectivity index (χ0n) is 14.0. The van der Waals surface area contributed by atoms with Crippen LogP contribution >= 0.6 is 0 Å². The number of carbonyl (C=O) groups excluding carboxylic acids is 1. The lowest BCUT2D eigenvalue weighted by Crippen LogP contribution is -2.45. The number of nitrogens with zero attached hydrogens (tertiary/aromatic N) is 3. The summed E-state index contributed by atoms with van der Waals surface area (Å²) in [4.78, 5) is 15.9. The minimum Gasteiger partial charge on any atom is -0.338 e. The van der Waals surface area contributed by atoms with Gasteiger partial charge in [0.1, 0.15) is 12.7 Å². The van der Waals surface area contributed by atoms with E-state index in [-0.39, 0.29) is 17.5 Å². The van der Waals surface area contributed by atoms with Crippen molar-refractivity contribution in [3.63, 3.8) is 0 Å². The van der Waals surface area contributed by atoms with Gasteiger partial charge in [-0.1, -0.05) is 44.2 Å². The molecule has 0 aliphatic carbocycles. The van der Waals surface area contributed by atoms with Crippen LogP contribution in [-0.2, 0) is 13.0 Å². The van der Waals surface area contributed by atoms with Crippen molar-refractivity contribution in [3.05, 3.63) is 48.5 Å². The van der Waals surface area contributed by atoms with Gasteiger partial charge >= 0.3 is 6.03 Å². The van der Waals surface area contributed by atoms with Gasteiger partial charge in [-0.3, -0.25) is 4.68 Å².